The first-order chi connectivity index (χ1) is 21.3. The zero-order valence-electron chi connectivity index (χ0n) is 24.5. The molecule has 0 saturated carbocycles. The fourth-order valence-corrected chi connectivity index (χ4v) is 6.23. The van der Waals surface area contributed by atoms with Gasteiger partial charge in [-0.05, 0) is 54.4 Å². The summed E-state index contributed by atoms with van der Waals surface area (Å²) in [4.78, 5) is 30.0. The zero-order valence-corrected chi connectivity index (χ0v) is 25.3. The van der Waals surface area contributed by atoms with Crippen molar-refractivity contribution in [3.05, 3.63) is 113 Å². The van der Waals surface area contributed by atoms with E-state index in [9.17, 15) is 13.2 Å². The van der Waals surface area contributed by atoms with Gasteiger partial charge in [-0.25, -0.2) is 22.7 Å². The molecule has 6 rings (SSSR count). The number of H-pyrrole nitrogens is 1. The first-order valence-corrected chi connectivity index (χ1v) is 15.8. The number of benzene rings is 3. The minimum absolute atomic E-state index is 0.0673. The van der Waals surface area contributed by atoms with E-state index in [0.717, 1.165) is 23.2 Å². The standard InChI is InChI=1S/C33H32N6O4S/c1-3-17-43-31-13-12-25(44(41,42)38(2)16-14-24-11-7-8-15-34-24)18-27(31)32-36-28-20-29-30(19-26(28)33(40)37-32)39(22-35-29)21-23-9-5-4-6-10-23/h4-13,15,18-20,22H,3,14,16-17,21H2,1-2H3,(H,36,37,40). The highest BCUT2D eigenvalue weighted by molar-refractivity contribution is 7.89. The predicted octanol–water partition coefficient (Wildman–Crippen LogP) is 5.04. The molecule has 10 nitrogen and oxygen atoms in total. The number of fused-ring (bicyclic) bond motifs is 2. The van der Waals surface area contributed by atoms with Crippen molar-refractivity contribution in [1.29, 1.82) is 0 Å². The van der Waals surface area contributed by atoms with Crippen LogP contribution in [0.4, 0.5) is 0 Å². The maximum atomic E-state index is 13.6. The Balaban J connectivity index is 1.37. The summed E-state index contributed by atoms with van der Waals surface area (Å²) in [6, 6.07) is 23.8. The van der Waals surface area contributed by atoms with E-state index in [4.69, 9.17) is 9.72 Å². The van der Waals surface area contributed by atoms with Gasteiger partial charge in [0, 0.05) is 38.4 Å². The predicted molar refractivity (Wildman–Crippen MR) is 170 cm³/mol. The van der Waals surface area contributed by atoms with E-state index in [2.05, 4.69) is 15.0 Å². The molecule has 0 fully saturated rings. The lowest BCUT2D eigenvalue weighted by Crippen LogP contribution is -2.29. The van der Waals surface area contributed by atoms with Gasteiger partial charge < -0.3 is 14.3 Å². The molecular weight excluding hydrogens is 576 g/mol. The average Bonchev–Trinajstić information content (AvgIpc) is 3.43. The van der Waals surface area contributed by atoms with Gasteiger partial charge in [0.1, 0.15) is 11.6 Å². The minimum Gasteiger partial charge on any atom is -0.493 e. The van der Waals surface area contributed by atoms with Crippen LogP contribution in [-0.2, 0) is 23.0 Å². The number of aromatic amines is 1. The van der Waals surface area contributed by atoms with Crippen LogP contribution in [0.25, 0.3) is 33.3 Å². The number of rotatable bonds is 11. The number of likely N-dealkylation sites (N-methyl/N-ethyl adjacent to an activating group) is 1. The Morgan fingerprint density at radius 3 is 2.55 bits per heavy atom. The molecule has 0 aliphatic heterocycles. The molecule has 0 aliphatic rings. The van der Waals surface area contributed by atoms with Crippen LogP contribution < -0.4 is 10.3 Å². The monoisotopic (exact) mass is 608 g/mol. The molecule has 3 heterocycles. The quantitative estimate of drug-likeness (QED) is 0.219. The Morgan fingerprint density at radius 1 is 0.955 bits per heavy atom. The number of nitrogens with one attached hydrogen (secondary N) is 1. The van der Waals surface area contributed by atoms with E-state index in [1.54, 1.807) is 30.7 Å². The molecule has 0 atom stereocenters. The summed E-state index contributed by atoms with van der Waals surface area (Å²) in [5.41, 5.74) is 3.92. The Hall–Kier alpha value is -4.87. The number of sulfonamides is 1. The maximum Gasteiger partial charge on any atom is 0.259 e. The SMILES string of the molecule is CCCOc1ccc(S(=O)(=O)N(C)CCc2ccccn2)cc1-c1nc2cc3ncn(Cc4ccccc4)c3cc2c(=O)[nH]1. The number of aromatic nitrogens is 5. The van der Waals surface area contributed by atoms with Crippen molar-refractivity contribution in [3.8, 4) is 17.1 Å². The first-order valence-electron chi connectivity index (χ1n) is 14.4. The Labute approximate surface area is 255 Å². The van der Waals surface area contributed by atoms with Crippen molar-refractivity contribution in [3.63, 3.8) is 0 Å². The molecule has 1 N–H and O–H groups in total. The number of pyridine rings is 1. The largest absolute Gasteiger partial charge is 0.493 e. The van der Waals surface area contributed by atoms with Gasteiger partial charge in [0.2, 0.25) is 10.0 Å². The summed E-state index contributed by atoms with van der Waals surface area (Å²) in [5.74, 6) is 0.641. The van der Waals surface area contributed by atoms with E-state index in [1.165, 1.54) is 23.5 Å². The van der Waals surface area contributed by atoms with E-state index in [-0.39, 0.29) is 22.8 Å². The third-order valence-electron chi connectivity index (χ3n) is 7.43. The second kappa shape index (κ2) is 12.4. The molecule has 0 bridgehead atoms. The molecule has 11 heteroatoms. The fourth-order valence-electron chi connectivity index (χ4n) is 5.04. The van der Waals surface area contributed by atoms with E-state index >= 15 is 0 Å². The molecule has 44 heavy (non-hydrogen) atoms. The van der Waals surface area contributed by atoms with Gasteiger partial charge in [0.15, 0.2) is 0 Å². The Morgan fingerprint density at radius 2 is 1.77 bits per heavy atom. The van der Waals surface area contributed by atoms with Crippen LogP contribution in [0, 0.1) is 0 Å². The van der Waals surface area contributed by atoms with E-state index in [0.29, 0.717) is 47.3 Å². The highest BCUT2D eigenvalue weighted by Gasteiger charge is 2.24. The van der Waals surface area contributed by atoms with Crippen LogP contribution in [0.3, 0.4) is 0 Å². The molecule has 224 valence electrons. The van der Waals surface area contributed by atoms with Crippen molar-refractivity contribution in [2.75, 3.05) is 20.2 Å². The second-order valence-electron chi connectivity index (χ2n) is 10.5. The molecule has 0 spiro atoms. The summed E-state index contributed by atoms with van der Waals surface area (Å²) < 4.78 is 36.4. The van der Waals surface area contributed by atoms with Gasteiger partial charge in [-0.2, -0.15) is 0 Å². The average molecular weight is 609 g/mol. The van der Waals surface area contributed by atoms with Crippen molar-refractivity contribution >= 4 is 32.0 Å². The molecule has 3 aromatic carbocycles. The van der Waals surface area contributed by atoms with Gasteiger partial charge in [-0.3, -0.25) is 9.78 Å². The normalized spacial score (nSPS) is 11.9. The van der Waals surface area contributed by atoms with E-state index < -0.39 is 10.0 Å². The summed E-state index contributed by atoms with van der Waals surface area (Å²) in [5, 5.41) is 0.408. The van der Waals surface area contributed by atoms with Crippen LogP contribution in [0.2, 0.25) is 0 Å². The number of imidazole rings is 1. The Kier molecular flexibility index (Phi) is 8.23. The smallest absolute Gasteiger partial charge is 0.259 e. The fraction of sp³-hybridized carbons (Fsp3) is 0.212. The van der Waals surface area contributed by atoms with Crippen molar-refractivity contribution < 1.29 is 13.2 Å². The van der Waals surface area contributed by atoms with Crippen LogP contribution in [0.5, 0.6) is 5.75 Å². The highest BCUT2D eigenvalue weighted by Crippen LogP contribution is 2.32. The van der Waals surface area contributed by atoms with Gasteiger partial charge in [-0.15, -0.1) is 0 Å². The summed E-state index contributed by atoms with van der Waals surface area (Å²) in [7, 11) is -2.32. The number of hydrogen-bond acceptors (Lipinski definition) is 7. The van der Waals surface area contributed by atoms with Crippen LogP contribution in [0.1, 0.15) is 24.6 Å². The molecular formula is C33H32N6O4S. The molecule has 0 radical (unpaired) electrons. The third-order valence-corrected chi connectivity index (χ3v) is 9.28. The Bertz CT molecular complexity index is 2090. The van der Waals surface area contributed by atoms with Crippen LogP contribution >= 0.6 is 0 Å². The topological polar surface area (TPSA) is 123 Å². The molecule has 0 unspecified atom stereocenters. The van der Waals surface area contributed by atoms with Crippen molar-refractivity contribution in [2.45, 2.75) is 31.2 Å². The summed E-state index contributed by atoms with van der Waals surface area (Å²) in [6.07, 6.45) is 4.65. The van der Waals surface area contributed by atoms with E-state index in [1.807, 2.05) is 60.0 Å². The lowest BCUT2D eigenvalue weighted by Gasteiger charge is -2.19. The van der Waals surface area contributed by atoms with Crippen molar-refractivity contribution in [1.82, 2.24) is 28.8 Å². The molecule has 0 aliphatic carbocycles. The van der Waals surface area contributed by atoms with Gasteiger partial charge in [0.05, 0.1) is 45.3 Å². The molecule has 6 aromatic rings. The number of ether oxygens (including phenoxy) is 1. The van der Waals surface area contributed by atoms with Gasteiger partial charge in [0.25, 0.3) is 5.56 Å². The maximum absolute atomic E-state index is 13.6. The summed E-state index contributed by atoms with van der Waals surface area (Å²) >= 11 is 0. The molecule has 3 aromatic heterocycles. The van der Waals surface area contributed by atoms with Gasteiger partial charge >= 0.3 is 0 Å². The highest BCUT2D eigenvalue weighted by atomic mass is 32.2. The third kappa shape index (κ3) is 5.97. The molecule has 0 saturated heterocycles. The minimum atomic E-state index is -3.86. The number of nitrogens with zero attached hydrogens (tertiary/aromatic N) is 5. The van der Waals surface area contributed by atoms with Gasteiger partial charge in [-0.1, -0.05) is 43.3 Å². The summed E-state index contributed by atoms with van der Waals surface area (Å²) in [6.45, 7) is 3.26. The lowest BCUT2D eigenvalue weighted by atomic mass is 10.1. The first kappa shape index (κ1) is 29.2. The van der Waals surface area contributed by atoms with Crippen LogP contribution in [0.15, 0.2) is 101 Å². The van der Waals surface area contributed by atoms with Crippen LogP contribution in [-0.4, -0.2) is 57.4 Å². The zero-order chi connectivity index (χ0) is 30.7. The van der Waals surface area contributed by atoms with Crippen molar-refractivity contribution in [2.24, 2.45) is 0 Å². The second-order valence-corrected chi connectivity index (χ2v) is 12.6. The number of hydrogen-bond donors (Lipinski definition) is 1. The lowest BCUT2D eigenvalue weighted by molar-refractivity contribution is 0.318. The molecule has 0 amide bonds.